The summed E-state index contributed by atoms with van der Waals surface area (Å²) in [6.07, 6.45) is 2.05. The summed E-state index contributed by atoms with van der Waals surface area (Å²) in [4.78, 5) is 35.5. The molecule has 0 bridgehead atoms. The number of benzene rings is 2. The largest absolute Gasteiger partial charge is 0.514 e. The topological polar surface area (TPSA) is 108 Å². The highest BCUT2D eigenvalue weighted by Gasteiger charge is 2.32. The molecule has 0 radical (unpaired) electrons. The van der Waals surface area contributed by atoms with Crippen molar-refractivity contribution in [2.24, 2.45) is 10.8 Å². The van der Waals surface area contributed by atoms with Gasteiger partial charge in [-0.3, -0.25) is 9.59 Å². The zero-order valence-corrected chi connectivity index (χ0v) is 25.3. The molecule has 3 rings (SSSR count). The lowest BCUT2D eigenvalue weighted by Crippen LogP contribution is -2.30. The van der Waals surface area contributed by atoms with E-state index in [-0.39, 0.29) is 23.8 Å². The van der Waals surface area contributed by atoms with Gasteiger partial charge >= 0.3 is 18.1 Å². The zero-order chi connectivity index (χ0) is 30.3. The Bertz CT molecular complexity index is 1170. The number of rotatable bonds is 7. The Morgan fingerprint density at radius 1 is 0.750 bits per heavy atom. The molecule has 0 spiro atoms. The fourth-order valence-electron chi connectivity index (χ4n) is 3.44. The summed E-state index contributed by atoms with van der Waals surface area (Å²) in [5, 5.41) is 9.42. The number of carbonyl (C=O) groups is 3. The number of hydrogen-bond donors (Lipinski definition) is 1. The Hall–Kier alpha value is -3.55. The van der Waals surface area contributed by atoms with E-state index >= 15 is 0 Å². The third-order valence-corrected chi connectivity index (χ3v) is 6.86. The summed E-state index contributed by atoms with van der Waals surface area (Å²) >= 11 is 0. The van der Waals surface area contributed by atoms with Gasteiger partial charge in [-0.2, -0.15) is 0 Å². The van der Waals surface area contributed by atoms with Gasteiger partial charge in [0.25, 0.3) is 0 Å². The van der Waals surface area contributed by atoms with Crippen molar-refractivity contribution in [1.82, 2.24) is 0 Å². The molecule has 0 heterocycles. The molecule has 8 heteroatoms. The summed E-state index contributed by atoms with van der Waals surface area (Å²) in [5.74, 6) is 0.573. The molecule has 1 unspecified atom stereocenters. The zero-order valence-electron chi connectivity index (χ0n) is 25.3. The summed E-state index contributed by atoms with van der Waals surface area (Å²) in [7, 11) is 0. The first-order valence-corrected chi connectivity index (χ1v) is 13.7. The van der Waals surface area contributed by atoms with Crippen LogP contribution in [0.25, 0.3) is 0 Å². The van der Waals surface area contributed by atoms with Crippen LogP contribution in [0.5, 0.6) is 17.2 Å². The van der Waals surface area contributed by atoms with Crippen molar-refractivity contribution in [3.05, 3.63) is 53.6 Å². The normalized spacial score (nSPS) is 14.8. The van der Waals surface area contributed by atoms with E-state index in [2.05, 4.69) is 0 Å². The molecule has 1 aliphatic rings. The molecular formula is C32H44O8. The number of phenols is 1. The first-order valence-electron chi connectivity index (χ1n) is 13.7. The van der Waals surface area contributed by atoms with Crippen LogP contribution in [0.1, 0.15) is 86.3 Å². The number of phenolic OH excluding ortho intramolecular Hbond substituents is 1. The molecule has 0 saturated carbocycles. The van der Waals surface area contributed by atoms with Crippen LogP contribution < -0.4 is 9.47 Å². The molecule has 8 nitrogen and oxygen atoms in total. The number of hydrogen-bond acceptors (Lipinski definition) is 8. The van der Waals surface area contributed by atoms with E-state index < -0.39 is 22.6 Å². The van der Waals surface area contributed by atoms with Gasteiger partial charge in [-0.1, -0.05) is 19.9 Å². The maximum Gasteiger partial charge on any atom is 0.514 e. The molecule has 0 saturated heterocycles. The first-order chi connectivity index (χ1) is 18.5. The SMILES string of the molecule is CCC(C)(C)C(=O)OC1Cc2ccc(O)cc2C1.CCC(C)(C)C(=O)Oc1ccc(OC(=O)OC(C)(C)C)cc1. The minimum atomic E-state index is -0.774. The highest BCUT2D eigenvalue weighted by atomic mass is 16.7. The molecule has 0 aromatic heterocycles. The van der Waals surface area contributed by atoms with Gasteiger partial charge in [0, 0.05) is 12.8 Å². The molecular weight excluding hydrogens is 512 g/mol. The van der Waals surface area contributed by atoms with E-state index in [1.54, 1.807) is 57.2 Å². The molecule has 1 aliphatic carbocycles. The van der Waals surface area contributed by atoms with E-state index in [4.69, 9.17) is 18.9 Å². The van der Waals surface area contributed by atoms with Crippen molar-refractivity contribution in [3.8, 4) is 17.2 Å². The van der Waals surface area contributed by atoms with Crippen LogP contribution in [0.3, 0.4) is 0 Å². The molecule has 2 aromatic rings. The lowest BCUT2D eigenvalue weighted by molar-refractivity contribution is -0.159. The van der Waals surface area contributed by atoms with E-state index in [0.29, 0.717) is 24.3 Å². The second-order valence-electron chi connectivity index (χ2n) is 12.3. The van der Waals surface area contributed by atoms with Crippen molar-refractivity contribution in [2.45, 2.75) is 99.7 Å². The standard InChI is InChI=1S/C17H24O5.C15H20O3/c1-7-17(5,6)14(18)20-12-8-10-13(11-9-12)21-15(19)22-16(2,3)4;1-4-15(2,3)14(17)18-13-8-10-5-6-12(16)7-11(10)9-13/h8-11H,7H2,1-6H3;5-7,13,16H,4,8-9H2,1-3H3. The number of esters is 2. The maximum atomic E-state index is 12.0. The number of aromatic hydroxyl groups is 1. The predicted octanol–water partition coefficient (Wildman–Crippen LogP) is 7.18. The molecule has 1 atom stereocenters. The lowest BCUT2D eigenvalue weighted by atomic mass is 9.90. The van der Waals surface area contributed by atoms with Crippen LogP contribution in [0, 0.1) is 10.8 Å². The van der Waals surface area contributed by atoms with Crippen molar-refractivity contribution in [3.63, 3.8) is 0 Å². The van der Waals surface area contributed by atoms with Gasteiger partial charge in [-0.25, -0.2) is 4.79 Å². The van der Waals surface area contributed by atoms with Crippen LogP contribution in [-0.2, 0) is 31.9 Å². The minimum Gasteiger partial charge on any atom is -0.508 e. The Labute approximate surface area is 238 Å². The van der Waals surface area contributed by atoms with E-state index in [1.807, 2.05) is 47.6 Å². The van der Waals surface area contributed by atoms with Crippen molar-refractivity contribution in [1.29, 1.82) is 0 Å². The fourth-order valence-corrected chi connectivity index (χ4v) is 3.44. The molecule has 40 heavy (non-hydrogen) atoms. The monoisotopic (exact) mass is 556 g/mol. The maximum absolute atomic E-state index is 12.0. The second-order valence-corrected chi connectivity index (χ2v) is 12.3. The first kappa shape index (κ1) is 32.7. The third-order valence-electron chi connectivity index (χ3n) is 6.86. The molecule has 0 aliphatic heterocycles. The van der Waals surface area contributed by atoms with Gasteiger partial charge in [0.05, 0.1) is 10.8 Å². The Morgan fingerprint density at radius 2 is 1.25 bits per heavy atom. The summed E-state index contributed by atoms with van der Waals surface area (Å²) < 4.78 is 21.0. The van der Waals surface area contributed by atoms with Gasteiger partial charge in [-0.15, -0.1) is 0 Å². The minimum absolute atomic E-state index is 0.0832. The Morgan fingerprint density at radius 3 is 1.77 bits per heavy atom. The third kappa shape index (κ3) is 9.88. The number of carbonyl (C=O) groups excluding carboxylic acids is 3. The van der Waals surface area contributed by atoms with Gasteiger partial charge < -0.3 is 24.1 Å². The van der Waals surface area contributed by atoms with Crippen LogP contribution in [0.2, 0.25) is 0 Å². The van der Waals surface area contributed by atoms with Crippen LogP contribution in [0.15, 0.2) is 42.5 Å². The van der Waals surface area contributed by atoms with Gasteiger partial charge in [0.15, 0.2) is 0 Å². The molecule has 1 N–H and O–H groups in total. The fraction of sp³-hybridized carbons (Fsp3) is 0.531. The summed E-state index contributed by atoms with van der Waals surface area (Å²) in [6, 6.07) is 11.6. The number of ether oxygens (including phenoxy) is 4. The smallest absolute Gasteiger partial charge is 0.508 e. The summed E-state index contributed by atoms with van der Waals surface area (Å²) in [5.41, 5.74) is 0.683. The van der Waals surface area contributed by atoms with Crippen LogP contribution in [-0.4, -0.2) is 34.9 Å². The Balaban J connectivity index is 0.000000285. The average Bonchev–Trinajstić information content (AvgIpc) is 3.25. The summed E-state index contributed by atoms with van der Waals surface area (Å²) in [6.45, 7) is 16.7. The van der Waals surface area contributed by atoms with E-state index in [1.165, 1.54) is 5.56 Å². The highest BCUT2D eigenvalue weighted by Crippen LogP contribution is 2.30. The quantitative estimate of drug-likeness (QED) is 0.217. The predicted molar refractivity (Wildman–Crippen MR) is 152 cm³/mol. The van der Waals surface area contributed by atoms with Crippen molar-refractivity contribution < 1.29 is 38.4 Å². The Kier molecular flexibility index (Phi) is 10.8. The number of fused-ring (bicyclic) bond motifs is 1. The molecule has 2 aromatic carbocycles. The van der Waals surface area contributed by atoms with E-state index in [0.717, 1.165) is 18.4 Å². The average molecular weight is 557 g/mol. The van der Waals surface area contributed by atoms with Gasteiger partial charge in [0.2, 0.25) is 0 Å². The van der Waals surface area contributed by atoms with Gasteiger partial charge in [0.1, 0.15) is 29.0 Å². The van der Waals surface area contributed by atoms with Gasteiger partial charge in [-0.05, 0) is 109 Å². The molecule has 220 valence electrons. The van der Waals surface area contributed by atoms with Crippen LogP contribution >= 0.6 is 0 Å². The van der Waals surface area contributed by atoms with Crippen molar-refractivity contribution in [2.75, 3.05) is 0 Å². The van der Waals surface area contributed by atoms with E-state index in [9.17, 15) is 19.5 Å². The second kappa shape index (κ2) is 13.2. The molecule has 0 fully saturated rings. The lowest BCUT2D eigenvalue weighted by Gasteiger charge is -2.23. The van der Waals surface area contributed by atoms with Crippen molar-refractivity contribution >= 4 is 18.1 Å². The molecule has 0 amide bonds. The van der Waals surface area contributed by atoms with Crippen LogP contribution in [0.4, 0.5) is 4.79 Å². The highest BCUT2D eigenvalue weighted by molar-refractivity contribution is 5.78.